The van der Waals surface area contributed by atoms with Crippen molar-refractivity contribution in [1.82, 2.24) is 5.23 Å². The van der Waals surface area contributed by atoms with Crippen LogP contribution in [-0.2, 0) is 15.9 Å². The highest BCUT2D eigenvalue weighted by Gasteiger charge is 2.51. The Labute approximate surface area is 104 Å². The molecule has 1 fully saturated rings. The van der Waals surface area contributed by atoms with Gasteiger partial charge in [-0.2, -0.15) is 0 Å². The molecule has 17 heavy (non-hydrogen) atoms. The van der Waals surface area contributed by atoms with Crippen LogP contribution in [-0.4, -0.2) is 18.5 Å². The van der Waals surface area contributed by atoms with E-state index >= 15 is 0 Å². The Hall–Kier alpha value is -0.835. The van der Waals surface area contributed by atoms with Crippen LogP contribution in [0.15, 0.2) is 30.3 Å². The van der Waals surface area contributed by atoms with Crippen LogP contribution in [0, 0.1) is 0 Å². The molecule has 3 nitrogen and oxygen atoms in total. The SMILES string of the molecule is CC1(C)OB(NCc2ccccc2)OC1(C)C. The summed E-state index contributed by atoms with van der Waals surface area (Å²) in [5.74, 6) is 0. The second kappa shape index (κ2) is 4.44. The number of benzene rings is 1. The maximum absolute atomic E-state index is 5.85. The van der Waals surface area contributed by atoms with E-state index in [2.05, 4.69) is 45.1 Å². The third kappa shape index (κ3) is 2.71. The van der Waals surface area contributed by atoms with Crippen molar-refractivity contribution in [2.24, 2.45) is 0 Å². The van der Waals surface area contributed by atoms with Gasteiger partial charge >= 0.3 is 7.25 Å². The van der Waals surface area contributed by atoms with Crippen LogP contribution in [0.1, 0.15) is 33.3 Å². The summed E-state index contributed by atoms with van der Waals surface area (Å²) in [4.78, 5) is 0. The van der Waals surface area contributed by atoms with Crippen molar-refractivity contribution in [3.8, 4) is 0 Å². The fraction of sp³-hybridized carbons (Fsp3) is 0.538. The molecule has 1 aliphatic rings. The molecular formula is C13H20BNO2. The van der Waals surface area contributed by atoms with Gasteiger partial charge in [-0.3, -0.25) is 5.23 Å². The summed E-state index contributed by atoms with van der Waals surface area (Å²) < 4.78 is 11.7. The molecule has 1 N–H and O–H groups in total. The zero-order valence-electron chi connectivity index (χ0n) is 11.0. The molecule has 4 heteroatoms. The monoisotopic (exact) mass is 233 g/mol. The summed E-state index contributed by atoms with van der Waals surface area (Å²) in [6.07, 6.45) is 0. The minimum atomic E-state index is -0.333. The Morgan fingerprint density at radius 3 is 2.06 bits per heavy atom. The first-order valence-corrected chi connectivity index (χ1v) is 6.04. The second-order valence-corrected chi connectivity index (χ2v) is 5.45. The van der Waals surface area contributed by atoms with Gasteiger partial charge in [0, 0.05) is 6.54 Å². The van der Waals surface area contributed by atoms with Crippen LogP contribution in [0.4, 0.5) is 0 Å². The molecule has 1 heterocycles. The van der Waals surface area contributed by atoms with Crippen molar-refractivity contribution in [1.29, 1.82) is 0 Å². The van der Waals surface area contributed by atoms with E-state index in [1.165, 1.54) is 5.56 Å². The van der Waals surface area contributed by atoms with Gasteiger partial charge in [-0.15, -0.1) is 0 Å². The lowest BCUT2D eigenvalue weighted by molar-refractivity contribution is 0.00578. The molecule has 92 valence electrons. The van der Waals surface area contributed by atoms with E-state index in [0.717, 1.165) is 6.54 Å². The molecule has 0 unspecified atom stereocenters. The Bertz CT molecular complexity index is 362. The minimum Gasteiger partial charge on any atom is -0.389 e. The van der Waals surface area contributed by atoms with Crippen LogP contribution in [0.2, 0.25) is 0 Å². The van der Waals surface area contributed by atoms with Gasteiger partial charge < -0.3 is 9.31 Å². The van der Waals surface area contributed by atoms with Gasteiger partial charge in [0.15, 0.2) is 0 Å². The Balaban J connectivity index is 1.91. The summed E-state index contributed by atoms with van der Waals surface area (Å²) in [6.45, 7) is 8.96. The van der Waals surface area contributed by atoms with E-state index in [4.69, 9.17) is 9.31 Å². The largest absolute Gasteiger partial charge is 0.555 e. The molecule has 0 radical (unpaired) electrons. The number of rotatable bonds is 3. The van der Waals surface area contributed by atoms with Crippen LogP contribution >= 0.6 is 0 Å². The smallest absolute Gasteiger partial charge is 0.389 e. The van der Waals surface area contributed by atoms with Crippen molar-refractivity contribution in [2.75, 3.05) is 0 Å². The maximum Gasteiger partial charge on any atom is 0.555 e. The first-order chi connectivity index (χ1) is 7.91. The molecule has 0 aromatic heterocycles. The predicted molar refractivity (Wildman–Crippen MR) is 69.4 cm³/mol. The van der Waals surface area contributed by atoms with Gasteiger partial charge in [0.05, 0.1) is 11.2 Å². The quantitative estimate of drug-likeness (QED) is 0.813. The molecule has 1 saturated heterocycles. The van der Waals surface area contributed by atoms with Crippen molar-refractivity contribution in [2.45, 2.75) is 45.4 Å². The highest BCUT2D eigenvalue weighted by Crippen LogP contribution is 2.35. The zero-order valence-corrected chi connectivity index (χ0v) is 11.0. The molecule has 0 bridgehead atoms. The average Bonchev–Trinajstić information content (AvgIpc) is 2.46. The highest BCUT2D eigenvalue weighted by atomic mass is 16.7. The number of hydrogen-bond donors (Lipinski definition) is 1. The van der Waals surface area contributed by atoms with Gasteiger partial charge in [0.1, 0.15) is 0 Å². The third-order valence-electron chi connectivity index (χ3n) is 3.57. The van der Waals surface area contributed by atoms with E-state index in [0.29, 0.717) is 0 Å². The van der Waals surface area contributed by atoms with Gasteiger partial charge in [-0.05, 0) is 33.3 Å². The number of nitrogens with one attached hydrogen (secondary N) is 1. The average molecular weight is 233 g/mol. The van der Waals surface area contributed by atoms with Gasteiger partial charge in [0.25, 0.3) is 0 Å². The van der Waals surface area contributed by atoms with Crippen molar-refractivity contribution in [3.05, 3.63) is 35.9 Å². The first kappa shape index (κ1) is 12.6. The Kier molecular flexibility index (Phi) is 3.30. The summed E-state index contributed by atoms with van der Waals surface area (Å²) in [7, 11) is -0.333. The van der Waals surface area contributed by atoms with Crippen LogP contribution in [0.5, 0.6) is 0 Å². The summed E-state index contributed by atoms with van der Waals surface area (Å²) in [6, 6.07) is 10.2. The maximum atomic E-state index is 5.85. The third-order valence-corrected chi connectivity index (χ3v) is 3.57. The zero-order chi connectivity index (χ0) is 12.5. The van der Waals surface area contributed by atoms with Crippen LogP contribution in [0.3, 0.4) is 0 Å². The lowest BCUT2D eigenvalue weighted by atomic mass is 9.90. The van der Waals surface area contributed by atoms with E-state index in [-0.39, 0.29) is 18.5 Å². The van der Waals surface area contributed by atoms with Gasteiger partial charge in [0.2, 0.25) is 0 Å². The molecule has 2 rings (SSSR count). The highest BCUT2D eigenvalue weighted by molar-refractivity contribution is 6.42. The Morgan fingerprint density at radius 2 is 1.53 bits per heavy atom. The first-order valence-electron chi connectivity index (χ1n) is 6.04. The molecule has 1 aromatic rings. The van der Waals surface area contributed by atoms with E-state index < -0.39 is 0 Å². The molecule has 0 spiro atoms. The molecule has 0 saturated carbocycles. The molecular weight excluding hydrogens is 213 g/mol. The fourth-order valence-electron chi connectivity index (χ4n) is 1.72. The Morgan fingerprint density at radius 1 is 1.00 bits per heavy atom. The van der Waals surface area contributed by atoms with Gasteiger partial charge in [-0.1, -0.05) is 30.3 Å². The summed E-state index contributed by atoms with van der Waals surface area (Å²) in [5, 5.41) is 3.26. The summed E-state index contributed by atoms with van der Waals surface area (Å²) in [5.41, 5.74) is 0.671. The normalized spacial score (nSPS) is 21.8. The van der Waals surface area contributed by atoms with Gasteiger partial charge in [-0.25, -0.2) is 0 Å². The summed E-state index contributed by atoms with van der Waals surface area (Å²) >= 11 is 0. The fourth-order valence-corrected chi connectivity index (χ4v) is 1.72. The number of hydrogen-bond acceptors (Lipinski definition) is 3. The second-order valence-electron chi connectivity index (χ2n) is 5.45. The van der Waals surface area contributed by atoms with Crippen molar-refractivity contribution < 1.29 is 9.31 Å². The van der Waals surface area contributed by atoms with Crippen LogP contribution < -0.4 is 5.23 Å². The molecule has 0 aliphatic carbocycles. The lowest BCUT2D eigenvalue weighted by Crippen LogP contribution is -2.41. The van der Waals surface area contributed by atoms with Crippen molar-refractivity contribution in [3.63, 3.8) is 0 Å². The molecule has 1 aliphatic heterocycles. The molecule has 0 amide bonds. The van der Waals surface area contributed by atoms with Crippen molar-refractivity contribution >= 4 is 7.25 Å². The molecule has 0 atom stereocenters. The molecule has 1 aromatic carbocycles. The minimum absolute atomic E-state index is 0.276. The van der Waals surface area contributed by atoms with E-state index in [9.17, 15) is 0 Å². The predicted octanol–water partition coefficient (Wildman–Crippen LogP) is 2.37. The van der Waals surface area contributed by atoms with E-state index in [1.807, 2.05) is 18.2 Å². The van der Waals surface area contributed by atoms with E-state index in [1.54, 1.807) is 0 Å². The standard InChI is InChI=1S/C13H20BNO2/c1-12(2)13(3,4)17-14(16-12)15-10-11-8-6-5-7-9-11/h5-9,15H,10H2,1-4H3. The topological polar surface area (TPSA) is 30.5 Å². The van der Waals surface area contributed by atoms with Crippen LogP contribution in [0.25, 0.3) is 0 Å². The lowest BCUT2D eigenvalue weighted by Gasteiger charge is -2.32.